The van der Waals surface area contributed by atoms with Gasteiger partial charge in [-0.2, -0.15) is 4.31 Å². The molecule has 1 saturated heterocycles. The number of nitrogens with one attached hydrogen (secondary N) is 1. The Bertz CT molecular complexity index is 866. The number of carbonyl (C=O) groups is 1. The summed E-state index contributed by atoms with van der Waals surface area (Å²) < 4.78 is 27.4. The number of aryl methyl sites for hydroxylation is 1. The molecule has 1 amide bonds. The molecule has 26 heavy (non-hydrogen) atoms. The average Bonchev–Trinajstić information content (AvgIpc) is 2.69. The van der Waals surface area contributed by atoms with Crippen LogP contribution in [0.25, 0.3) is 0 Å². The van der Waals surface area contributed by atoms with Crippen molar-refractivity contribution in [3.05, 3.63) is 60.2 Å². The number of hydrogen-bond donors (Lipinski definition) is 1. The van der Waals surface area contributed by atoms with E-state index in [1.807, 2.05) is 31.2 Å². The molecule has 0 spiro atoms. The van der Waals surface area contributed by atoms with E-state index in [-0.39, 0.29) is 10.8 Å². The standard InChI is InChI=1S/C20H24N2O3S/c1-2-16-10-6-7-13-18(16)21-20(23)19-14-8-9-15-22(19)26(24,25)17-11-4-3-5-12-17/h3-7,10-13,19H,2,8-9,14-15H2,1H3,(H,21,23)/t19-/m1/s1. The fraction of sp³-hybridized carbons (Fsp3) is 0.350. The minimum atomic E-state index is -3.69. The Morgan fingerprint density at radius 2 is 1.77 bits per heavy atom. The number of benzene rings is 2. The summed E-state index contributed by atoms with van der Waals surface area (Å²) in [7, 11) is -3.69. The van der Waals surface area contributed by atoms with Crippen molar-refractivity contribution in [1.82, 2.24) is 4.31 Å². The lowest BCUT2D eigenvalue weighted by Crippen LogP contribution is -2.49. The van der Waals surface area contributed by atoms with Crippen molar-refractivity contribution in [1.29, 1.82) is 0 Å². The van der Waals surface area contributed by atoms with Gasteiger partial charge in [0.15, 0.2) is 0 Å². The fourth-order valence-electron chi connectivity index (χ4n) is 3.35. The average molecular weight is 372 g/mol. The Labute approximate surface area is 155 Å². The topological polar surface area (TPSA) is 66.5 Å². The molecule has 0 bridgehead atoms. The minimum absolute atomic E-state index is 0.230. The largest absolute Gasteiger partial charge is 0.324 e. The van der Waals surface area contributed by atoms with E-state index in [1.165, 1.54) is 4.31 Å². The second kappa shape index (κ2) is 8.01. The summed E-state index contributed by atoms with van der Waals surface area (Å²) in [6.07, 6.45) is 2.94. The van der Waals surface area contributed by atoms with Crippen molar-refractivity contribution in [3.63, 3.8) is 0 Å². The summed E-state index contributed by atoms with van der Waals surface area (Å²) in [6, 6.07) is 15.3. The number of piperidine rings is 1. The van der Waals surface area contributed by atoms with Crippen molar-refractivity contribution >= 4 is 21.6 Å². The molecule has 1 aliphatic rings. The molecular weight excluding hydrogens is 348 g/mol. The van der Waals surface area contributed by atoms with Crippen LogP contribution in [0.1, 0.15) is 31.7 Å². The highest BCUT2D eigenvalue weighted by Gasteiger charge is 2.37. The normalized spacial score (nSPS) is 18.4. The summed E-state index contributed by atoms with van der Waals surface area (Å²) in [5.41, 5.74) is 1.79. The van der Waals surface area contributed by atoms with Gasteiger partial charge >= 0.3 is 0 Å². The molecule has 2 aromatic carbocycles. The summed E-state index contributed by atoms with van der Waals surface area (Å²) in [6.45, 7) is 2.39. The second-order valence-electron chi connectivity index (χ2n) is 6.44. The predicted molar refractivity (Wildman–Crippen MR) is 102 cm³/mol. The van der Waals surface area contributed by atoms with E-state index in [9.17, 15) is 13.2 Å². The summed E-state index contributed by atoms with van der Waals surface area (Å²) in [5.74, 6) is -0.259. The number of carbonyl (C=O) groups excluding carboxylic acids is 1. The van der Waals surface area contributed by atoms with Crippen LogP contribution in [0.3, 0.4) is 0 Å². The maximum absolute atomic E-state index is 13.0. The Morgan fingerprint density at radius 3 is 2.50 bits per heavy atom. The number of para-hydroxylation sites is 1. The summed E-state index contributed by atoms with van der Waals surface area (Å²) in [4.78, 5) is 13.1. The molecule has 1 atom stereocenters. The lowest BCUT2D eigenvalue weighted by Gasteiger charge is -2.33. The molecule has 0 unspecified atom stereocenters. The molecule has 1 fully saturated rings. The zero-order valence-corrected chi connectivity index (χ0v) is 15.7. The maximum Gasteiger partial charge on any atom is 0.243 e. The molecule has 5 nitrogen and oxygen atoms in total. The quantitative estimate of drug-likeness (QED) is 0.874. The van der Waals surface area contributed by atoms with Gasteiger partial charge in [0.05, 0.1) is 4.90 Å². The molecule has 0 saturated carbocycles. The highest BCUT2D eigenvalue weighted by atomic mass is 32.2. The lowest BCUT2D eigenvalue weighted by atomic mass is 10.0. The Balaban J connectivity index is 1.86. The van der Waals surface area contributed by atoms with E-state index in [2.05, 4.69) is 5.32 Å². The van der Waals surface area contributed by atoms with Crippen LogP contribution in [0.5, 0.6) is 0 Å². The molecule has 138 valence electrons. The monoisotopic (exact) mass is 372 g/mol. The zero-order valence-electron chi connectivity index (χ0n) is 14.9. The van der Waals surface area contributed by atoms with Gasteiger partial charge in [-0.15, -0.1) is 0 Å². The summed E-state index contributed by atoms with van der Waals surface area (Å²) in [5, 5.41) is 2.94. The molecular formula is C20H24N2O3S. The highest BCUT2D eigenvalue weighted by Crippen LogP contribution is 2.27. The van der Waals surface area contributed by atoms with E-state index in [4.69, 9.17) is 0 Å². The van der Waals surface area contributed by atoms with E-state index >= 15 is 0 Å². The van der Waals surface area contributed by atoms with Crippen molar-refractivity contribution in [2.75, 3.05) is 11.9 Å². The molecule has 1 heterocycles. The van der Waals surface area contributed by atoms with Gasteiger partial charge in [0, 0.05) is 12.2 Å². The molecule has 1 N–H and O–H groups in total. The first-order chi connectivity index (χ1) is 12.5. The van der Waals surface area contributed by atoms with Crippen LogP contribution in [0.15, 0.2) is 59.5 Å². The third kappa shape index (κ3) is 3.81. The predicted octanol–water partition coefficient (Wildman–Crippen LogP) is 3.43. The number of amides is 1. The van der Waals surface area contributed by atoms with Crippen LogP contribution < -0.4 is 5.32 Å². The van der Waals surface area contributed by atoms with Gasteiger partial charge in [0.2, 0.25) is 15.9 Å². The van der Waals surface area contributed by atoms with Gasteiger partial charge in [0.25, 0.3) is 0 Å². The van der Waals surface area contributed by atoms with E-state index in [1.54, 1.807) is 30.3 Å². The first-order valence-corrected chi connectivity index (χ1v) is 10.4. The SMILES string of the molecule is CCc1ccccc1NC(=O)[C@H]1CCCCN1S(=O)(=O)c1ccccc1. The fourth-order valence-corrected chi connectivity index (χ4v) is 5.03. The van der Waals surface area contributed by atoms with Crippen LogP contribution in [0.4, 0.5) is 5.69 Å². The number of rotatable bonds is 5. The van der Waals surface area contributed by atoms with Crippen LogP contribution in [0.2, 0.25) is 0 Å². The Hall–Kier alpha value is -2.18. The first-order valence-electron chi connectivity index (χ1n) is 8.99. The van der Waals surface area contributed by atoms with Gasteiger partial charge in [-0.05, 0) is 43.0 Å². The number of hydrogen-bond acceptors (Lipinski definition) is 3. The molecule has 3 rings (SSSR count). The van der Waals surface area contributed by atoms with E-state index in [0.717, 1.165) is 30.5 Å². The van der Waals surface area contributed by atoms with Crippen LogP contribution in [0, 0.1) is 0 Å². The second-order valence-corrected chi connectivity index (χ2v) is 8.33. The Kier molecular flexibility index (Phi) is 5.74. The molecule has 1 aliphatic heterocycles. The first kappa shape index (κ1) is 18.6. The van der Waals surface area contributed by atoms with Crippen LogP contribution in [-0.4, -0.2) is 31.2 Å². The third-order valence-electron chi connectivity index (χ3n) is 4.76. The van der Waals surface area contributed by atoms with Crippen LogP contribution >= 0.6 is 0 Å². The van der Waals surface area contributed by atoms with Crippen molar-refractivity contribution < 1.29 is 13.2 Å². The maximum atomic E-state index is 13.0. The number of sulfonamides is 1. The van der Waals surface area contributed by atoms with Gasteiger partial charge in [-0.3, -0.25) is 4.79 Å². The van der Waals surface area contributed by atoms with Gasteiger partial charge in [-0.25, -0.2) is 8.42 Å². The van der Waals surface area contributed by atoms with Gasteiger partial charge in [0.1, 0.15) is 6.04 Å². The molecule has 2 aromatic rings. The Morgan fingerprint density at radius 1 is 1.08 bits per heavy atom. The number of nitrogens with zero attached hydrogens (tertiary/aromatic N) is 1. The lowest BCUT2D eigenvalue weighted by molar-refractivity contribution is -0.120. The van der Waals surface area contributed by atoms with Gasteiger partial charge in [-0.1, -0.05) is 49.7 Å². The molecule has 0 aromatic heterocycles. The van der Waals surface area contributed by atoms with Crippen molar-refractivity contribution in [2.45, 2.75) is 43.5 Å². The van der Waals surface area contributed by atoms with E-state index in [0.29, 0.717) is 13.0 Å². The highest BCUT2D eigenvalue weighted by molar-refractivity contribution is 7.89. The molecule has 6 heteroatoms. The molecule has 0 radical (unpaired) electrons. The molecule has 0 aliphatic carbocycles. The smallest absolute Gasteiger partial charge is 0.243 e. The minimum Gasteiger partial charge on any atom is -0.324 e. The van der Waals surface area contributed by atoms with Crippen molar-refractivity contribution in [2.24, 2.45) is 0 Å². The van der Waals surface area contributed by atoms with E-state index < -0.39 is 16.1 Å². The summed E-state index contributed by atoms with van der Waals surface area (Å²) >= 11 is 0. The zero-order chi connectivity index (χ0) is 18.6. The number of anilines is 1. The van der Waals surface area contributed by atoms with Crippen LogP contribution in [-0.2, 0) is 21.2 Å². The van der Waals surface area contributed by atoms with Crippen molar-refractivity contribution in [3.8, 4) is 0 Å². The van der Waals surface area contributed by atoms with Gasteiger partial charge < -0.3 is 5.32 Å². The third-order valence-corrected chi connectivity index (χ3v) is 6.68.